The van der Waals surface area contributed by atoms with Gasteiger partial charge in [0.1, 0.15) is 6.54 Å². The van der Waals surface area contributed by atoms with Crippen LogP contribution >= 0.6 is 22.5 Å². The fourth-order valence-electron chi connectivity index (χ4n) is 1.23. The number of thiol groups is 1. The molecule has 1 atom stereocenters. The largest absolute Gasteiger partial charge is 0.327 e. The molecule has 1 rings (SSSR count). The van der Waals surface area contributed by atoms with Gasteiger partial charge in [-0.2, -0.15) is 0 Å². The summed E-state index contributed by atoms with van der Waals surface area (Å²) < 4.78 is 0. The molecule has 3 amide bonds. The first-order valence-electron chi connectivity index (χ1n) is 3.99. The van der Waals surface area contributed by atoms with Gasteiger partial charge in [0.15, 0.2) is 0 Å². The summed E-state index contributed by atoms with van der Waals surface area (Å²) in [6.45, 7) is 2.11. The van der Waals surface area contributed by atoms with Crippen LogP contribution < -0.4 is 0 Å². The number of amides is 3. The fourth-order valence-corrected chi connectivity index (χ4v) is 2.41. The van der Waals surface area contributed by atoms with Crippen molar-refractivity contribution in [1.29, 1.82) is 0 Å². The number of carbonyl (C=O) groups excluding carboxylic acids is 2. The minimum Gasteiger partial charge on any atom is -0.318 e. The predicted octanol–water partition coefficient (Wildman–Crippen LogP) is 1.19. The molecular formula is C7H12N2O2S2. The lowest BCUT2D eigenvalue weighted by atomic mass is 10.4. The molecule has 1 saturated heterocycles. The van der Waals surface area contributed by atoms with Gasteiger partial charge in [-0.05, 0) is 6.42 Å². The molecule has 1 unspecified atom stereocenters. The summed E-state index contributed by atoms with van der Waals surface area (Å²) in [5.41, 5.74) is 0. The highest BCUT2D eigenvalue weighted by molar-refractivity contribution is 8.68. The molecule has 0 N–H and O–H groups in total. The lowest BCUT2D eigenvalue weighted by Gasteiger charge is -2.21. The van der Waals surface area contributed by atoms with Crippen LogP contribution in [0.15, 0.2) is 0 Å². The lowest BCUT2D eigenvalue weighted by molar-refractivity contribution is -0.125. The maximum Gasteiger partial charge on any atom is 0.327 e. The van der Waals surface area contributed by atoms with Crippen LogP contribution in [0.25, 0.3) is 0 Å². The Morgan fingerprint density at radius 1 is 1.62 bits per heavy atom. The highest BCUT2D eigenvalue weighted by Gasteiger charge is 2.37. The Balaban J connectivity index is 2.78. The van der Waals surface area contributed by atoms with Gasteiger partial charge in [0.2, 0.25) is 0 Å². The molecular weight excluding hydrogens is 208 g/mol. The topological polar surface area (TPSA) is 40.6 Å². The first kappa shape index (κ1) is 10.7. The van der Waals surface area contributed by atoms with Gasteiger partial charge in [0.05, 0.1) is 5.37 Å². The fraction of sp³-hybridized carbons (Fsp3) is 0.714. The average Bonchev–Trinajstić information content (AvgIpc) is 2.34. The predicted molar refractivity (Wildman–Crippen MR) is 55.5 cm³/mol. The van der Waals surface area contributed by atoms with Crippen LogP contribution in [-0.2, 0) is 4.79 Å². The highest BCUT2D eigenvalue weighted by Crippen LogP contribution is 2.25. The van der Waals surface area contributed by atoms with Gasteiger partial charge in [0, 0.05) is 7.05 Å². The van der Waals surface area contributed by atoms with E-state index in [2.05, 4.69) is 11.7 Å². The molecule has 4 nitrogen and oxygen atoms in total. The van der Waals surface area contributed by atoms with Crippen molar-refractivity contribution in [2.75, 3.05) is 13.6 Å². The van der Waals surface area contributed by atoms with E-state index in [1.807, 2.05) is 6.92 Å². The summed E-state index contributed by atoms with van der Waals surface area (Å²) in [5, 5.41) is -0.145. The molecule has 0 aromatic rings. The molecule has 6 heteroatoms. The van der Waals surface area contributed by atoms with Crippen LogP contribution in [-0.4, -0.2) is 40.7 Å². The first-order valence-corrected chi connectivity index (χ1v) is 5.92. The third-order valence-corrected chi connectivity index (χ3v) is 3.45. The van der Waals surface area contributed by atoms with Crippen LogP contribution in [0.4, 0.5) is 4.79 Å². The molecule has 0 radical (unpaired) electrons. The van der Waals surface area contributed by atoms with Gasteiger partial charge < -0.3 is 4.90 Å². The smallest absolute Gasteiger partial charge is 0.318 e. The Morgan fingerprint density at radius 2 is 2.23 bits per heavy atom. The summed E-state index contributed by atoms with van der Waals surface area (Å²) in [6.07, 6.45) is 0.722. The molecule has 1 aliphatic rings. The normalized spacial score (nSPS) is 19.9. The number of hydrogen-bond donors (Lipinski definition) is 1. The van der Waals surface area contributed by atoms with Crippen molar-refractivity contribution < 1.29 is 9.59 Å². The van der Waals surface area contributed by atoms with E-state index in [-0.39, 0.29) is 23.9 Å². The molecule has 0 aromatic carbocycles. The SMILES string of the molecule is CCC(SS)N1C(=O)CN(C)C1=O. The zero-order valence-electron chi connectivity index (χ0n) is 7.56. The van der Waals surface area contributed by atoms with E-state index in [9.17, 15) is 9.59 Å². The van der Waals surface area contributed by atoms with Gasteiger partial charge in [0.25, 0.3) is 5.91 Å². The summed E-state index contributed by atoms with van der Waals surface area (Å²) >= 11 is 4.03. The summed E-state index contributed by atoms with van der Waals surface area (Å²) in [7, 11) is 2.85. The van der Waals surface area contributed by atoms with Gasteiger partial charge in [-0.3, -0.25) is 4.79 Å². The summed E-state index contributed by atoms with van der Waals surface area (Å²) in [5.74, 6) is -0.138. The molecule has 0 saturated carbocycles. The summed E-state index contributed by atoms with van der Waals surface area (Å²) in [4.78, 5) is 25.5. The minimum absolute atomic E-state index is 0.138. The standard InChI is InChI=1S/C7H12N2O2S2/c1-3-6(13-12)9-5(10)4-8(2)7(9)11/h6,12H,3-4H2,1-2H3. The Hall–Kier alpha value is -0.360. The van der Waals surface area contributed by atoms with Crippen molar-refractivity contribution >= 4 is 34.4 Å². The van der Waals surface area contributed by atoms with Crippen molar-refractivity contribution in [3.63, 3.8) is 0 Å². The first-order chi connectivity index (χ1) is 6.11. The summed E-state index contributed by atoms with van der Waals surface area (Å²) in [6, 6.07) is -0.224. The second-order valence-corrected chi connectivity index (χ2v) is 4.26. The Labute approximate surface area is 86.4 Å². The number of imide groups is 1. The maximum atomic E-state index is 11.5. The second-order valence-electron chi connectivity index (χ2n) is 2.87. The number of rotatable bonds is 3. The number of nitrogens with zero attached hydrogens (tertiary/aromatic N) is 2. The van der Waals surface area contributed by atoms with E-state index < -0.39 is 0 Å². The van der Waals surface area contributed by atoms with E-state index in [0.29, 0.717) is 0 Å². The van der Waals surface area contributed by atoms with Crippen molar-refractivity contribution in [3.05, 3.63) is 0 Å². The zero-order valence-corrected chi connectivity index (χ0v) is 9.27. The molecule has 1 heterocycles. The van der Waals surface area contributed by atoms with E-state index in [1.165, 1.54) is 20.6 Å². The van der Waals surface area contributed by atoms with Crippen LogP contribution in [0.5, 0.6) is 0 Å². The number of carbonyl (C=O) groups is 2. The maximum absolute atomic E-state index is 11.5. The van der Waals surface area contributed by atoms with Crippen molar-refractivity contribution in [1.82, 2.24) is 9.80 Å². The molecule has 1 aliphatic heterocycles. The van der Waals surface area contributed by atoms with Crippen molar-refractivity contribution in [2.24, 2.45) is 0 Å². The molecule has 0 spiro atoms. The molecule has 0 aromatic heterocycles. The van der Waals surface area contributed by atoms with Crippen LogP contribution in [0.2, 0.25) is 0 Å². The molecule has 13 heavy (non-hydrogen) atoms. The average molecular weight is 220 g/mol. The van der Waals surface area contributed by atoms with E-state index in [0.717, 1.165) is 6.42 Å². The van der Waals surface area contributed by atoms with Crippen LogP contribution in [0, 0.1) is 0 Å². The molecule has 74 valence electrons. The Kier molecular flexibility index (Phi) is 3.49. The van der Waals surface area contributed by atoms with Crippen molar-refractivity contribution in [3.8, 4) is 0 Å². The van der Waals surface area contributed by atoms with Gasteiger partial charge in [-0.15, -0.1) is 11.7 Å². The van der Waals surface area contributed by atoms with E-state index in [4.69, 9.17) is 0 Å². The number of urea groups is 1. The molecule has 0 bridgehead atoms. The Bertz CT molecular complexity index is 231. The van der Waals surface area contributed by atoms with Gasteiger partial charge in [-0.1, -0.05) is 17.7 Å². The lowest BCUT2D eigenvalue weighted by Crippen LogP contribution is -2.38. The molecule has 1 fully saturated rings. The third kappa shape index (κ3) is 1.94. The van der Waals surface area contributed by atoms with Crippen LogP contribution in [0.3, 0.4) is 0 Å². The Morgan fingerprint density at radius 3 is 2.54 bits per heavy atom. The zero-order chi connectivity index (χ0) is 10.0. The quantitative estimate of drug-likeness (QED) is 0.441. The monoisotopic (exact) mass is 220 g/mol. The number of likely N-dealkylation sites (N-methyl/N-ethyl adjacent to an activating group) is 1. The second kappa shape index (κ2) is 4.23. The van der Waals surface area contributed by atoms with E-state index in [1.54, 1.807) is 7.05 Å². The van der Waals surface area contributed by atoms with Crippen LogP contribution in [0.1, 0.15) is 13.3 Å². The van der Waals surface area contributed by atoms with Crippen molar-refractivity contribution in [2.45, 2.75) is 18.7 Å². The third-order valence-electron chi connectivity index (χ3n) is 1.93. The number of hydrogen-bond acceptors (Lipinski definition) is 4. The van der Waals surface area contributed by atoms with E-state index >= 15 is 0 Å². The van der Waals surface area contributed by atoms with Gasteiger partial charge >= 0.3 is 6.03 Å². The highest BCUT2D eigenvalue weighted by atomic mass is 33.1. The minimum atomic E-state index is -0.224. The molecule has 0 aliphatic carbocycles. The van der Waals surface area contributed by atoms with Gasteiger partial charge in [-0.25, -0.2) is 9.69 Å².